The lowest BCUT2D eigenvalue weighted by atomic mass is 10.0. The predicted octanol–water partition coefficient (Wildman–Crippen LogP) is 0.631. The zero-order valence-electron chi connectivity index (χ0n) is 15.7. The summed E-state index contributed by atoms with van der Waals surface area (Å²) in [6, 6.07) is 5.96. The third kappa shape index (κ3) is 3.61. The molecule has 4 rings (SSSR count). The van der Waals surface area contributed by atoms with Crippen molar-refractivity contribution in [2.24, 2.45) is 0 Å². The van der Waals surface area contributed by atoms with Crippen molar-refractivity contribution in [2.75, 3.05) is 20.1 Å². The van der Waals surface area contributed by atoms with Gasteiger partial charge in [0.15, 0.2) is 0 Å². The summed E-state index contributed by atoms with van der Waals surface area (Å²) in [7, 11) is 2.14. The largest absolute Gasteiger partial charge is 0.322 e. The quantitative estimate of drug-likeness (QED) is 0.760. The van der Waals surface area contributed by atoms with Crippen LogP contribution in [0.5, 0.6) is 0 Å². The summed E-state index contributed by atoms with van der Waals surface area (Å²) in [5.41, 5.74) is 2.82. The van der Waals surface area contributed by atoms with Crippen molar-refractivity contribution in [2.45, 2.75) is 50.9 Å². The molecule has 1 aromatic carbocycles. The van der Waals surface area contributed by atoms with Crippen molar-refractivity contribution in [3.05, 3.63) is 34.9 Å². The SMILES string of the molecule is CN(Cc1ccc2c(c1)CN(C1CCC(=O)NC1=O)C2=O)[C@@H]1CCCNC1. The first-order valence-corrected chi connectivity index (χ1v) is 9.70. The number of rotatable bonds is 4. The molecule has 1 unspecified atom stereocenters. The number of nitrogens with one attached hydrogen (secondary N) is 2. The Kier molecular flexibility index (Phi) is 4.97. The van der Waals surface area contributed by atoms with E-state index in [1.807, 2.05) is 12.1 Å². The van der Waals surface area contributed by atoms with Crippen LogP contribution in [0, 0.1) is 0 Å². The molecular weight excluding hydrogens is 344 g/mol. The van der Waals surface area contributed by atoms with Crippen LogP contribution in [0.25, 0.3) is 0 Å². The highest BCUT2D eigenvalue weighted by atomic mass is 16.2. The number of carbonyl (C=O) groups is 3. The standard InChI is InChI=1S/C20H26N4O3/c1-23(15-3-2-8-21-10-15)11-13-4-5-16-14(9-13)12-24(20(16)27)17-6-7-18(25)22-19(17)26/h4-5,9,15,17,21H,2-3,6-8,10-12H2,1H3,(H,22,25,26)/t15-,17?/m1/s1. The molecule has 3 aliphatic heterocycles. The Balaban J connectivity index is 1.46. The molecule has 3 amide bonds. The van der Waals surface area contributed by atoms with Crippen LogP contribution in [0.2, 0.25) is 0 Å². The third-order valence-electron chi connectivity index (χ3n) is 5.91. The molecule has 3 heterocycles. The van der Waals surface area contributed by atoms with Crippen molar-refractivity contribution < 1.29 is 14.4 Å². The number of piperidine rings is 2. The molecule has 3 aliphatic rings. The van der Waals surface area contributed by atoms with Gasteiger partial charge in [-0.3, -0.25) is 24.6 Å². The fourth-order valence-corrected chi connectivity index (χ4v) is 4.35. The van der Waals surface area contributed by atoms with Gasteiger partial charge in [0.05, 0.1) is 0 Å². The van der Waals surface area contributed by atoms with Gasteiger partial charge in [0, 0.05) is 37.7 Å². The molecule has 7 nitrogen and oxygen atoms in total. The van der Waals surface area contributed by atoms with E-state index in [-0.39, 0.29) is 24.1 Å². The molecule has 0 bridgehead atoms. The maximum atomic E-state index is 12.7. The normalized spacial score (nSPS) is 25.7. The van der Waals surface area contributed by atoms with Crippen LogP contribution in [0.3, 0.4) is 0 Å². The van der Waals surface area contributed by atoms with E-state index >= 15 is 0 Å². The van der Waals surface area contributed by atoms with Crippen molar-refractivity contribution in [3.63, 3.8) is 0 Å². The van der Waals surface area contributed by atoms with Gasteiger partial charge in [-0.15, -0.1) is 0 Å². The number of likely N-dealkylation sites (N-methyl/N-ethyl adjacent to an activating group) is 1. The lowest BCUT2D eigenvalue weighted by molar-refractivity contribution is -0.136. The van der Waals surface area contributed by atoms with Crippen LogP contribution >= 0.6 is 0 Å². The Morgan fingerprint density at radius 1 is 1.22 bits per heavy atom. The number of amides is 3. The summed E-state index contributed by atoms with van der Waals surface area (Å²) < 4.78 is 0. The highest BCUT2D eigenvalue weighted by Crippen LogP contribution is 2.28. The van der Waals surface area contributed by atoms with E-state index in [0.717, 1.165) is 25.2 Å². The molecule has 2 N–H and O–H groups in total. The predicted molar refractivity (Wildman–Crippen MR) is 99.8 cm³/mol. The van der Waals surface area contributed by atoms with Gasteiger partial charge in [-0.2, -0.15) is 0 Å². The van der Waals surface area contributed by atoms with Crippen molar-refractivity contribution in [3.8, 4) is 0 Å². The molecule has 0 saturated carbocycles. The highest BCUT2D eigenvalue weighted by molar-refractivity contribution is 6.05. The minimum absolute atomic E-state index is 0.115. The van der Waals surface area contributed by atoms with E-state index in [2.05, 4.69) is 28.6 Å². The van der Waals surface area contributed by atoms with Gasteiger partial charge in [0.2, 0.25) is 11.8 Å². The van der Waals surface area contributed by atoms with Gasteiger partial charge in [-0.1, -0.05) is 12.1 Å². The summed E-state index contributed by atoms with van der Waals surface area (Å²) in [6.07, 6.45) is 3.08. The van der Waals surface area contributed by atoms with E-state index in [9.17, 15) is 14.4 Å². The van der Waals surface area contributed by atoms with Crippen molar-refractivity contribution in [1.29, 1.82) is 0 Å². The lowest BCUT2D eigenvalue weighted by Crippen LogP contribution is -2.52. The lowest BCUT2D eigenvalue weighted by Gasteiger charge is -2.31. The molecular formula is C20H26N4O3. The van der Waals surface area contributed by atoms with Gasteiger partial charge in [-0.25, -0.2) is 0 Å². The van der Waals surface area contributed by atoms with Crippen molar-refractivity contribution >= 4 is 17.7 Å². The second-order valence-electron chi connectivity index (χ2n) is 7.81. The molecule has 0 aromatic heterocycles. The average Bonchev–Trinajstić information content (AvgIpc) is 2.98. The highest BCUT2D eigenvalue weighted by Gasteiger charge is 2.39. The third-order valence-corrected chi connectivity index (χ3v) is 5.91. The van der Waals surface area contributed by atoms with E-state index in [0.29, 0.717) is 24.6 Å². The van der Waals surface area contributed by atoms with Crippen LogP contribution in [-0.2, 0) is 22.7 Å². The summed E-state index contributed by atoms with van der Waals surface area (Å²) in [5.74, 6) is -0.740. The first-order chi connectivity index (χ1) is 13.0. The van der Waals surface area contributed by atoms with E-state index < -0.39 is 6.04 Å². The number of benzene rings is 1. The summed E-state index contributed by atoms with van der Waals surface area (Å²) in [5, 5.41) is 5.79. The second-order valence-corrected chi connectivity index (χ2v) is 7.81. The van der Waals surface area contributed by atoms with E-state index in [1.54, 1.807) is 4.90 Å². The zero-order chi connectivity index (χ0) is 19.0. The monoisotopic (exact) mass is 370 g/mol. The molecule has 1 aromatic rings. The van der Waals surface area contributed by atoms with Gasteiger partial charge >= 0.3 is 0 Å². The number of hydrogen-bond acceptors (Lipinski definition) is 5. The first kappa shape index (κ1) is 18.1. The molecule has 0 radical (unpaired) electrons. The van der Waals surface area contributed by atoms with E-state index in [4.69, 9.17) is 0 Å². The summed E-state index contributed by atoms with van der Waals surface area (Å²) in [6.45, 7) is 3.39. The molecule has 2 atom stereocenters. The Labute approximate surface area is 159 Å². The van der Waals surface area contributed by atoms with Gasteiger partial charge < -0.3 is 10.2 Å². The second kappa shape index (κ2) is 7.40. The Morgan fingerprint density at radius 2 is 2.07 bits per heavy atom. The van der Waals surface area contributed by atoms with Crippen LogP contribution in [0.15, 0.2) is 18.2 Å². The molecule has 2 fully saturated rings. The maximum absolute atomic E-state index is 12.7. The first-order valence-electron chi connectivity index (χ1n) is 9.70. The van der Waals surface area contributed by atoms with Crippen LogP contribution in [0.1, 0.15) is 47.2 Å². The maximum Gasteiger partial charge on any atom is 0.255 e. The number of fused-ring (bicyclic) bond motifs is 1. The average molecular weight is 370 g/mol. The number of nitrogens with zero attached hydrogens (tertiary/aromatic N) is 2. The van der Waals surface area contributed by atoms with Crippen LogP contribution in [0.4, 0.5) is 0 Å². The number of imide groups is 1. The fourth-order valence-electron chi connectivity index (χ4n) is 4.35. The summed E-state index contributed by atoms with van der Waals surface area (Å²) >= 11 is 0. The molecule has 144 valence electrons. The molecule has 7 heteroatoms. The Hall–Kier alpha value is -2.25. The fraction of sp³-hybridized carbons (Fsp3) is 0.550. The molecule has 2 saturated heterocycles. The smallest absolute Gasteiger partial charge is 0.255 e. The molecule has 0 aliphatic carbocycles. The summed E-state index contributed by atoms with van der Waals surface area (Å²) in [4.78, 5) is 40.2. The minimum atomic E-state index is -0.554. The van der Waals surface area contributed by atoms with E-state index in [1.165, 1.54) is 18.4 Å². The number of carbonyl (C=O) groups excluding carboxylic acids is 3. The molecule has 27 heavy (non-hydrogen) atoms. The Morgan fingerprint density at radius 3 is 2.81 bits per heavy atom. The topological polar surface area (TPSA) is 81.8 Å². The Bertz CT molecular complexity index is 772. The minimum Gasteiger partial charge on any atom is -0.322 e. The van der Waals surface area contributed by atoms with Gasteiger partial charge in [0.25, 0.3) is 5.91 Å². The molecule has 0 spiro atoms. The van der Waals surface area contributed by atoms with Gasteiger partial charge in [0.1, 0.15) is 6.04 Å². The van der Waals surface area contributed by atoms with Crippen LogP contribution < -0.4 is 10.6 Å². The zero-order valence-corrected chi connectivity index (χ0v) is 15.7. The van der Waals surface area contributed by atoms with Gasteiger partial charge in [-0.05, 0) is 50.0 Å². The van der Waals surface area contributed by atoms with Crippen molar-refractivity contribution in [1.82, 2.24) is 20.4 Å². The number of hydrogen-bond donors (Lipinski definition) is 2. The van der Waals surface area contributed by atoms with Crippen LogP contribution in [-0.4, -0.2) is 59.7 Å².